The molecule has 32 heavy (non-hydrogen) atoms. The van der Waals surface area contributed by atoms with Gasteiger partial charge in [0.15, 0.2) is 0 Å². The van der Waals surface area contributed by atoms with E-state index in [1.165, 1.54) is 12.8 Å². The summed E-state index contributed by atoms with van der Waals surface area (Å²) in [5.41, 5.74) is -0.0695. The third-order valence-electron chi connectivity index (χ3n) is 6.34. The van der Waals surface area contributed by atoms with Crippen LogP contribution >= 0.6 is 0 Å². The summed E-state index contributed by atoms with van der Waals surface area (Å²) in [5.74, 6) is 2.36. The predicted molar refractivity (Wildman–Crippen MR) is 131 cm³/mol. The molecular weight excluding hydrogens is 400 g/mol. The van der Waals surface area contributed by atoms with E-state index in [1.807, 2.05) is 38.9 Å². The van der Waals surface area contributed by atoms with E-state index in [4.69, 9.17) is 9.47 Å². The van der Waals surface area contributed by atoms with E-state index >= 15 is 0 Å². The molecule has 3 rings (SSSR count). The average Bonchev–Trinajstić information content (AvgIpc) is 2.70. The van der Waals surface area contributed by atoms with Crippen molar-refractivity contribution in [3.05, 3.63) is 30.5 Å². The molecule has 1 heterocycles. The Morgan fingerprint density at radius 3 is 2.34 bits per heavy atom. The van der Waals surface area contributed by atoms with Gasteiger partial charge in [0, 0.05) is 25.2 Å². The van der Waals surface area contributed by atoms with Crippen molar-refractivity contribution >= 4 is 22.6 Å². The first-order chi connectivity index (χ1) is 14.9. The van der Waals surface area contributed by atoms with Gasteiger partial charge in [-0.2, -0.15) is 0 Å². The topological polar surface area (TPSA) is 51.7 Å². The van der Waals surface area contributed by atoms with Gasteiger partial charge in [-0.1, -0.05) is 26.8 Å². The second kappa shape index (κ2) is 9.68. The maximum Gasteiger partial charge on any atom is 0.308 e. The van der Waals surface area contributed by atoms with Crippen molar-refractivity contribution < 1.29 is 14.3 Å². The highest BCUT2D eigenvalue weighted by Crippen LogP contribution is 2.39. The van der Waals surface area contributed by atoms with E-state index in [2.05, 4.69) is 50.0 Å². The molecule has 176 valence electrons. The number of carbonyl (C=O) groups is 1. The molecular formula is C27H40N2O3. The molecule has 1 aromatic carbocycles. The number of hydrogen-bond donors (Lipinski definition) is 0. The summed E-state index contributed by atoms with van der Waals surface area (Å²) in [6, 6.07) is 8.30. The number of rotatable bonds is 6. The lowest BCUT2D eigenvalue weighted by molar-refractivity contribution is -0.154. The SMILES string of the molecule is CN(CCC(=O)OC(C)(C)C)c1cc2ccc(OC3CCC(C(C)(C)C)CC3)cc2cn1. The number of aromatic nitrogens is 1. The average molecular weight is 441 g/mol. The van der Waals surface area contributed by atoms with Gasteiger partial charge in [-0.15, -0.1) is 0 Å². The molecule has 1 saturated carbocycles. The lowest BCUT2D eigenvalue weighted by atomic mass is 9.72. The van der Waals surface area contributed by atoms with Crippen molar-refractivity contribution in [1.82, 2.24) is 4.98 Å². The van der Waals surface area contributed by atoms with E-state index in [9.17, 15) is 4.79 Å². The molecule has 1 aliphatic carbocycles. The van der Waals surface area contributed by atoms with Gasteiger partial charge in [0.2, 0.25) is 0 Å². The van der Waals surface area contributed by atoms with E-state index in [0.29, 0.717) is 24.5 Å². The molecule has 0 saturated heterocycles. The fourth-order valence-corrected chi connectivity index (χ4v) is 4.40. The number of fused-ring (bicyclic) bond motifs is 1. The molecule has 1 aromatic heterocycles. The molecule has 5 heteroatoms. The van der Waals surface area contributed by atoms with Gasteiger partial charge in [0.25, 0.3) is 0 Å². The van der Waals surface area contributed by atoms with Crippen LogP contribution in [-0.2, 0) is 9.53 Å². The van der Waals surface area contributed by atoms with Crippen LogP contribution in [0.4, 0.5) is 5.82 Å². The molecule has 2 aromatic rings. The van der Waals surface area contributed by atoms with E-state index < -0.39 is 5.60 Å². The lowest BCUT2D eigenvalue weighted by Gasteiger charge is -2.37. The smallest absolute Gasteiger partial charge is 0.308 e. The molecule has 0 amide bonds. The molecule has 0 unspecified atom stereocenters. The number of esters is 1. The Labute approximate surface area is 193 Å². The number of nitrogens with zero attached hydrogens (tertiary/aromatic N) is 2. The van der Waals surface area contributed by atoms with Crippen LogP contribution in [0.1, 0.15) is 73.6 Å². The Bertz CT molecular complexity index is 919. The van der Waals surface area contributed by atoms with Gasteiger partial charge in [0.1, 0.15) is 17.2 Å². The van der Waals surface area contributed by atoms with Crippen molar-refractivity contribution in [2.75, 3.05) is 18.5 Å². The molecule has 0 N–H and O–H groups in total. The van der Waals surface area contributed by atoms with Crippen LogP contribution in [-0.4, -0.2) is 36.3 Å². The molecule has 0 bridgehead atoms. The minimum Gasteiger partial charge on any atom is -0.490 e. The molecule has 0 atom stereocenters. The quantitative estimate of drug-likeness (QED) is 0.487. The van der Waals surface area contributed by atoms with Crippen LogP contribution in [0.25, 0.3) is 10.8 Å². The highest BCUT2D eigenvalue weighted by molar-refractivity contribution is 5.85. The lowest BCUT2D eigenvalue weighted by Crippen LogP contribution is -2.30. The largest absolute Gasteiger partial charge is 0.490 e. The van der Waals surface area contributed by atoms with Crippen LogP contribution in [0.5, 0.6) is 5.75 Å². The highest BCUT2D eigenvalue weighted by atomic mass is 16.6. The number of carbonyl (C=O) groups excluding carboxylic acids is 1. The van der Waals surface area contributed by atoms with Crippen LogP contribution < -0.4 is 9.64 Å². The van der Waals surface area contributed by atoms with Crippen LogP contribution in [0.2, 0.25) is 0 Å². The predicted octanol–water partition coefficient (Wildman–Crippen LogP) is 6.39. The van der Waals surface area contributed by atoms with Crippen LogP contribution in [0.15, 0.2) is 30.5 Å². The minimum absolute atomic E-state index is 0.191. The zero-order valence-corrected chi connectivity index (χ0v) is 20.9. The zero-order valence-electron chi connectivity index (χ0n) is 20.9. The van der Waals surface area contributed by atoms with Crippen LogP contribution in [0, 0.1) is 11.3 Å². The molecule has 0 radical (unpaired) electrons. The summed E-state index contributed by atoms with van der Waals surface area (Å²) in [5, 5.41) is 2.18. The van der Waals surface area contributed by atoms with Gasteiger partial charge in [-0.25, -0.2) is 4.98 Å². The Balaban J connectivity index is 1.57. The van der Waals surface area contributed by atoms with Gasteiger partial charge in [0.05, 0.1) is 12.5 Å². The molecule has 1 aliphatic rings. The standard InChI is InChI=1S/C27H40N2O3/c1-26(2,3)21-9-12-22(13-10-21)31-23-11-8-19-17-24(28-18-20(19)16-23)29(7)15-14-25(30)32-27(4,5)6/h8,11,16-18,21-22H,9-10,12-15H2,1-7H3. The maximum absolute atomic E-state index is 12.0. The normalized spacial score (nSPS) is 19.6. The fourth-order valence-electron chi connectivity index (χ4n) is 4.40. The Morgan fingerprint density at radius 1 is 1.03 bits per heavy atom. The molecule has 1 fully saturated rings. The summed E-state index contributed by atoms with van der Waals surface area (Å²) in [6.07, 6.45) is 7.25. The molecule has 5 nitrogen and oxygen atoms in total. The first kappa shape index (κ1) is 24.3. The Kier molecular flexibility index (Phi) is 7.36. The number of anilines is 1. The van der Waals surface area contributed by atoms with Gasteiger partial charge in [-0.3, -0.25) is 4.79 Å². The monoisotopic (exact) mass is 440 g/mol. The second-order valence-electron chi connectivity index (χ2n) is 11.3. The summed E-state index contributed by atoms with van der Waals surface area (Å²) < 4.78 is 11.7. The molecule has 0 spiro atoms. The van der Waals surface area contributed by atoms with E-state index in [0.717, 1.165) is 41.1 Å². The van der Waals surface area contributed by atoms with Gasteiger partial charge >= 0.3 is 5.97 Å². The number of ether oxygens (including phenoxy) is 2. The molecule has 0 aliphatic heterocycles. The number of pyridine rings is 1. The van der Waals surface area contributed by atoms with Crippen molar-refractivity contribution in [2.45, 2.75) is 85.4 Å². The number of benzene rings is 1. The zero-order chi connectivity index (χ0) is 23.5. The van der Waals surface area contributed by atoms with Crippen molar-refractivity contribution in [1.29, 1.82) is 0 Å². The number of hydrogen-bond acceptors (Lipinski definition) is 5. The fraction of sp³-hybridized carbons (Fsp3) is 0.630. The minimum atomic E-state index is -0.456. The third kappa shape index (κ3) is 6.85. The highest BCUT2D eigenvalue weighted by Gasteiger charge is 2.30. The summed E-state index contributed by atoms with van der Waals surface area (Å²) in [7, 11) is 1.95. The first-order valence-electron chi connectivity index (χ1n) is 11.9. The Hall–Kier alpha value is -2.30. The summed E-state index contributed by atoms with van der Waals surface area (Å²) in [4.78, 5) is 18.6. The third-order valence-corrected chi connectivity index (χ3v) is 6.34. The van der Waals surface area contributed by atoms with Crippen molar-refractivity contribution in [3.8, 4) is 5.75 Å². The second-order valence-corrected chi connectivity index (χ2v) is 11.3. The van der Waals surface area contributed by atoms with E-state index in [1.54, 1.807) is 0 Å². The Morgan fingerprint density at radius 2 is 1.72 bits per heavy atom. The van der Waals surface area contributed by atoms with Crippen molar-refractivity contribution in [3.63, 3.8) is 0 Å². The van der Waals surface area contributed by atoms with Gasteiger partial charge in [-0.05, 0) is 81.4 Å². The van der Waals surface area contributed by atoms with Gasteiger partial charge < -0.3 is 14.4 Å². The van der Waals surface area contributed by atoms with E-state index in [-0.39, 0.29) is 5.97 Å². The van der Waals surface area contributed by atoms with Crippen molar-refractivity contribution in [2.24, 2.45) is 11.3 Å². The first-order valence-corrected chi connectivity index (χ1v) is 11.9. The maximum atomic E-state index is 12.0. The summed E-state index contributed by atoms with van der Waals surface area (Å²) >= 11 is 0. The summed E-state index contributed by atoms with van der Waals surface area (Å²) in [6.45, 7) is 13.2. The van der Waals surface area contributed by atoms with Crippen LogP contribution in [0.3, 0.4) is 0 Å².